The summed E-state index contributed by atoms with van der Waals surface area (Å²) in [6.45, 7) is 0. The number of allylic oxidation sites excluding steroid dienone is 1. The number of aliphatic carboxylic acids is 1. The number of rotatable bonds is 4. The normalized spacial score (nSPS) is 16.3. The van der Waals surface area contributed by atoms with Gasteiger partial charge in [0, 0.05) is 5.92 Å². The average molecular weight is 310 g/mol. The first-order valence-corrected chi connectivity index (χ1v) is 7.39. The molecule has 1 aliphatic rings. The summed E-state index contributed by atoms with van der Waals surface area (Å²) < 4.78 is 10.6. The van der Waals surface area contributed by atoms with E-state index in [0.717, 1.165) is 23.1 Å². The smallest absolute Gasteiger partial charge is 0.335 e. The maximum absolute atomic E-state index is 11.6. The van der Waals surface area contributed by atoms with Crippen molar-refractivity contribution in [2.45, 2.75) is 12.3 Å². The summed E-state index contributed by atoms with van der Waals surface area (Å²) in [4.78, 5) is 11.6. The lowest BCUT2D eigenvalue weighted by Crippen LogP contribution is -2.13. The topological polar surface area (TPSA) is 55.8 Å². The van der Waals surface area contributed by atoms with Gasteiger partial charge in [0.15, 0.2) is 11.5 Å². The standard InChI is InChI=1S/C19H18O4/c1-22-17-8-7-12(11-18(17)23-2)14-9-13-5-3-4-6-15(13)16(10-14)19(20)21/h3-8,10-11,14H,9H2,1-2H3,(H,20,21). The first kappa shape index (κ1) is 15.2. The van der Waals surface area contributed by atoms with Crippen molar-refractivity contribution >= 4 is 11.5 Å². The fraction of sp³-hybridized carbons (Fsp3) is 0.211. The molecule has 0 amide bonds. The van der Waals surface area contributed by atoms with Gasteiger partial charge in [0.1, 0.15) is 0 Å². The summed E-state index contributed by atoms with van der Waals surface area (Å²) >= 11 is 0. The molecule has 1 N–H and O–H groups in total. The zero-order valence-electron chi connectivity index (χ0n) is 13.1. The Labute approximate surface area is 135 Å². The summed E-state index contributed by atoms with van der Waals surface area (Å²) in [5, 5.41) is 9.52. The zero-order chi connectivity index (χ0) is 16.4. The van der Waals surface area contributed by atoms with E-state index >= 15 is 0 Å². The van der Waals surface area contributed by atoms with Crippen LogP contribution in [0.1, 0.15) is 22.6 Å². The molecule has 118 valence electrons. The van der Waals surface area contributed by atoms with E-state index in [4.69, 9.17) is 9.47 Å². The second kappa shape index (κ2) is 6.16. The maximum Gasteiger partial charge on any atom is 0.335 e. The van der Waals surface area contributed by atoms with Gasteiger partial charge in [-0.25, -0.2) is 4.79 Å². The third kappa shape index (κ3) is 2.80. The van der Waals surface area contributed by atoms with E-state index in [1.807, 2.05) is 48.5 Å². The molecule has 0 saturated heterocycles. The van der Waals surface area contributed by atoms with E-state index in [-0.39, 0.29) is 5.92 Å². The lowest BCUT2D eigenvalue weighted by molar-refractivity contribution is -0.130. The third-order valence-electron chi connectivity index (χ3n) is 4.18. The van der Waals surface area contributed by atoms with Gasteiger partial charge in [-0.15, -0.1) is 0 Å². The summed E-state index contributed by atoms with van der Waals surface area (Å²) in [5.74, 6) is 0.405. The SMILES string of the molecule is COc1ccc(C2C=C(C(=O)O)c3ccccc3C2)cc1OC. The molecule has 1 atom stereocenters. The second-order valence-corrected chi connectivity index (χ2v) is 5.47. The van der Waals surface area contributed by atoms with Crippen LogP contribution in [0.4, 0.5) is 0 Å². The van der Waals surface area contributed by atoms with Crippen molar-refractivity contribution in [3.8, 4) is 11.5 Å². The number of fused-ring (bicyclic) bond motifs is 1. The monoisotopic (exact) mass is 310 g/mol. The molecule has 1 unspecified atom stereocenters. The van der Waals surface area contributed by atoms with Crippen LogP contribution in [0.2, 0.25) is 0 Å². The van der Waals surface area contributed by atoms with E-state index in [0.29, 0.717) is 17.1 Å². The number of methoxy groups -OCH3 is 2. The van der Waals surface area contributed by atoms with Crippen molar-refractivity contribution in [1.82, 2.24) is 0 Å². The molecule has 0 aromatic heterocycles. The number of benzene rings is 2. The lowest BCUT2D eigenvalue weighted by Gasteiger charge is -2.23. The highest BCUT2D eigenvalue weighted by Gasteiger charge is 2.24. The minimum Gasteiger partial charge on any atom is -0.493 e. The van der Waals surface area contributed by atoms with Crippen molar-refractivity contribution in [3.05, 3.63) is 65.2 Å². The van der Waals surface area contributed by atoms with Crippen molar-refractivity contribution in [1.29, 1.82) is 0 Å². The fourth-order valence-corrected chi connectivity index (χ4v) is 3.03. The minimum atomic E-state index is -0.900. The molecule has 0 heterocycles. The lowest BCUT2D eigenvalue weighted by atomic mass is 9.81. The van der Waals surface area contributed by atoms with Gasteiger partial charge in [0.2, 0.25) is 0 Å². The van der Waals surface area contributed by atoms with Crippen LogP contribution in [0.25, 0.3) is 5.57 Å². The highest BCUT2D eigenvalue weighted by molar-refractivity contribution is 6.16. The van der Waals surface area contributed by atoms with Gasteiger partial charge in [-0.1, -0.05) is 36.4 Å². The highest BCUT2D eigenvalue weighted by Crippen LogP contribution is 2.37. The Balaban J connectivity index is 2.05. The van der Waals surface area contributed by atoms with Crippen molar-refractivity contribution in [2.75, 3.05) is 14.2 Å². The molecule has 4 heteroatoms. The third-order valence-corrected chi connectivity index (χ3v) is 4.18. The number of carboxylic acids is 1. The molecule has 0 saturated carbocycles. The van der Waals surface area contributed by atoms with Gasteiger partial charge >= 0.3 is 5.97 Å². The molecule has 2 aromatic carbocycles. The van der Waals surface area contributed by atoms with E-state index in [1.54, 1.807) is 14.2 Å². The minimum absolute atomic E-state index is 0.00388. The molecule has 0 radical (unpaired) electrons. The molecular formula is C19H18O4. The second-order valence-electron chi connectivity index (χ2n) is 5.47. The van der Waals surface area contributed by atoms with Gasteiger partial charge in [0.25, 0.3) is 0 Å². The molecule has 1 aliphatic carbocycles. The van der Waals surface area contributed by atoms with Gasteiger partial charge in [-0.3, -0.25) is 0 Å². The van der Waals surface area contributed by atoms with Crippen LogP contribution in [0.15, 0.2) is 48.5 Å². The highest BCUT2D eigenvalue weighted by atomic mass is 16.5. The van der Waals surface area contributed by atoms with Crippen LogP contribution in [-0.2, 0) is 11.2 Å². The molecule has 4 nitrogen and oxygen atoms in total. The van der Waals surface area contributed by atoms with Crippen molar-refractivity contribution in [2.24, 2.45) is 0 Å². The zero-order valence-corrected chi connectivity index (χ0v) is 13.1. The van der Waals surface area contributed by atoms with Crippen LogP contribution in [0.3, 0.4) is 0 Å². The van der Waals surface area contributed by atoms with Crippen LogP contribution >= 0.6 is 0 Å². The molecule has 0 bridgehead atoms. The summed E-state index contributed by atoms with van der Waals surface area (Å²) in [6.07, 6.45) is 2.59. The maximum atomic E-state index is 11.6. The summed E-state index contributed by atoms with van der Waals surface area (Å²) in [7, 11) is 3.19. The summed E-state index contributed by atoms with van der Waals surface area (Å²) in [5.41, 5.74) is 3.21. The molecular weight excluding hydrogens is 292 g/mol. The number of hydrogen-bond donors (Lipinski definition) is 1. The fourth-order valence-electron chi connectivity index (χ4n) is 3.03. The molecule has 0 spiro atoms. The average Bonchev–Trinajstić information content (AvgIpc) is 2.59. The molecule has 3 rings (SSSR count). The molecule has 2 aromatic rings. The van der Waals surface area contributed by atoms with Crippen molar-refractivity contribution < 1.29 is 19.4 Å². The predicted molar refractivity (Wildman–Crippen MR) is 88.0 cm³/mol. The van der Waals surface area contributed by atoms with Gasteiger partial charge in [-0.2, -0.15) is 0 Å². The number of carboxylic acid groups (broad SMARTS) is 1. The van der Waals surface area contributed by atoms with Crippen LogP contribution in [-0.4, -0.2) is 25.3 Å². The largest absolute Gasteiger partial charge is 0.493 e. The number of hydrogen-bond acceptors (Lipinski definition) is 3. The van der Waals surface area contributed by atoms with E-state index in [1.165, 1.54) is 0 Å². The van der Waals surface area contributed by atoms with Gasteiger partial charge in [-0.05, 0) is 35.2 Å². The first-order chi connectivity index (χ1) is 11.1. The molecule has 23 heavy (non-hydrogen) atoms. The number of ether oxygens (including phenoxy) is 2. The van der Waals surface area contributed by atoms with Gasteiger partial charge < -0.3 is 14.6 Å². The van der Waals surface area contributed by atoms with Crippen LogP contribution in [0.5, 0.6) is 11.5 Å². The Kier molecular flexibility index (Phi) is 4.06. The Morgan fingerprint density at radius 3 is 2.52 bits per heavy atom. The Bertz CT molecular complexity index is 777. The van der Waals surface area contributed by atoms with E-state index in [9.17, 15) is 9.90 Å². The van der Waals surface area contributed by atoms with E-state index < -0.39 is 5.97 Å². The van der Waals surface area contributed by atoms with Gasteiger partial charge in [0.05, 0.1) is 19.8 Å². The van der Waals surface area contributed by atoms with Crippen LogP contribution < -0.4 is 9.47 Å². The molecule has 0 fully saturated rings. The Morgan fingerprint density at radius 1 is 1.09 bits per heavy atom. The first-order valence-electron chi connectivity index (χ1n) is 7.39. The number of carbonyl (C=O) groups is 1. The predicted octanol–water partition coefficient (Wildman–Crippen LogP) is 3.51. The Hall–Kier alpha value is -2.75. The van der Waals surface area contributed by atoms with E-state index in [2.05, 4.69) is 0 Å². The van der Waals surface area contributed by atoms with Crippen molar-refractivity contribution in [3.63, 3.8) is 0 Å². The molecule has 0 aliphatic heterocycles. The Morgan fingerprint density at radius 2 is 1.83 bits per heavy atom. The van der Waals surface area contributed by atoms with Crippen LogP contribution in [0, 0.1) is 0 Å². The summed E-state index contributed by atoms with van der Waals surface area (Å²) in [6, 6.07) is 13.4. The quantitative estimate of drug-likeness (QED) is 0.939.